The van der Waals surface area contributed by atoms with Crippen molar-refractivity contribution < 1.29 is 14.7 Å². The van der Waals surface area contributed by atoms with Gasteiger partial charge in [0.1, 0.15) is 11.7 Å². The van der Waals surface area contributed by atoms with Crippen LogP contribution in [0.3, 0.4) is 0 Å². The Labute approximate surface area is 110 Å². The van der Waals surface area contributed by atoms with Gasteiger partial charge in [-0.1, -0.05) is 11.6 Å². The maximum Gasteiger partial charge on any atom is 0.408 e. The summed E-state index contributed by atoms with van der Waals surface area (Å²) in [5.74, 6) is -0.453. The van der Waals surface area contributed by atoms with E-state index in [1.54, 1.807) is 39.1 Å². The number of hydrogen-bond donors (Lipinski definition) is 2. The molecule has 2 amide bonds. The van der Waals surface area contributed by atoms with Crippen molar-refractivity contribution in [2.24, 2.45) is 0 Å². The summed E-state index contributed by atoms with van der Waals surface area (Å²) >= 11 is 5.79. The second-order valence-electron chi connectivity index (χ2n) is 4.78. The van der Waals surface area contributed by atoms with Gasteiger partial charge in [-0.15, -0.1) is 0 Å². The Morgan fingerprint density at radius 1 is 1.50 bits per heavy atom. The molecule has 0 bridgehead atoms. The van der Waals surface area contributed by atoms with E-state index in [-0.39, 0.29) is 6.54 Å². The second kappa shape index (κ2) is 5.30. The van der Waals surface area contributed by atoms with Crippen molar-refractivity contribution in [1.82, 2.24) is 9.58 Å². The molecule has 18 heavy (non-hydrogen) atoms. The molecule has 0 aliphatic carbocycles. The lowest BCUT2D eigenvalue weighted by molar-refractivity contribution is -0.118. The molecule has 2 N–H and O–H groups in total. The van der Waals surface area contributed by atoms with Gasteiger partial charge in [-0.05, 0) is 32.9 Å². The van der Waals surface area contributed by atoms with Crippen LogP contribution in [0.2, 0.25) is 5.15 Å². The van der Waals surface area contributed by atoms with Crippen molar-refractivity contribution in [2.75, 3.05) is 12.0 Å². The molecule has 0 saturated heterocycles. The fourth-order valence-electron chi connectivity index (χ4n) is 1.36. The van der Waals surface area contributed by atoms with Crippen LogP contribution in [0, 0.1) is 0 Å². The van der Waals surface area contributed by atoms with Crippen LogP contribution in [0.1, 0.15) is 20.8 Å². The molecule has 0 unspecified atom stereocenters. The summed E-state index contributed by atoms with van der Waals surface area (Å²) in [4.78, 5) is 23.8. The molecule has 1 heterocycles. The lowest BCUT2D eigenvalue weighted by Crippen LogP contribution is -2.49. The number of halogens is 1. The molecule has 0 spiro atoms. The zero-order valence-electron chi connectivity index (χ0n) is 10.5. The van der Waals surface area contributed by atoms with Crippen LogP contribution in [-0.4, -0.2) is 38.8 Å². The Morgan fingerprint density at radius 3 is 2.50 bits per heavy atom. The maximum absolute atomic E-state index is 11.7. The summed E-state index contributed by atoms with van der Waals surface area (Å²) in [6.07, 6.45) is 0.429. The standard InChI is InChI=1S/C11H16ClN3O3/c1-11(2,3)14(10(17)18)7-9(16)13-15-6-4-5-8(15)12/h4-6H,7H2,1-3H3,(H,13,16)(H,17,18). The first-order chi connectivity index (χ1) is 8.21. The zero-order valence-corrected chi connectivity index (χ0v) is 11.2. The first-order valence-electron chi connectivity index (χ1n) is 5.35. The monoisotopic (exact) mass is 273 g/mol. The number of nitrogens with zero attached hydrogens (tertiary/aromatic N) is 2. The van der Waals surface area contributed by atoms with E-state index in [9.17, 15) is 9.59 Å². The molecule has 0 atom stereocenters. The van der Waals surface area contributed by atoms with Gasteiger partial charge in [0.15, 0.2) is 0 Å². The highest BCUT2D eigenvalue weighted by Crippen LogP contribution is 2.13. The quantitative estimate of drug-likeness (QED) is 0.884. The van der Waals surface area contributed by atoms with E-state index in [1.807, 2.05) is 0 Å². The molecular weight excluding hydrogens is 258 g/mol. The Hall–Kier alpha value is -1.69. The lowest BCUT2D eigenvalue weighted by atomic mass is 10.1. The van der Waals surface area contributed by atoms with Crippen molar-refractivity contribution in [2.45, 2.75) is 26.3 Å². The summed E-state index contributed by atoms with van der Waals surface area (Å²) < 4.78 is 1.33. The lowest BCUT2D eigenvalue weighted by Gasteiger charge is -2.32. The average Bonchev–Trinajstić information content (AvgIpc) is 2.59. The Morgan fingerprint density at radius 2 is 2.11 bits per heavy atom. The Kier molecular flexibility index (Phi) is 4.24. The fraction of sp³-hybridized carbons (Fsp3) is 0.455. The highest BCUT2D eigenvalue weighted by molar-refractivity contribution is 6.29. The van der Waals surface area contributed by atoms with Gasteiger partial charge in [-0.25, -0.2) is 9.47 Å². The third-order valence-electron chi connectivity index (χ3n) is 2.29. The van der Waals surface area contributed by atoms with Crippen molar-refractivity contribution in [3.8, 4) is 0 Å². The number of carbonyl (C=O) groups excluding carboxylic acids is 1. The van der Waals surface area contributed by atoms with Crippen molar-refractivity contribution >= 4 is 23.6 Å². The van der Waals surface area contributed by atoms with Gasteiger partial charge in [0.05, 0.1) is 0 Å². The summed E-state index contributed by atoms with van der Waals surface area (Å²) in [6, 6.07) is 3.28. The number of hydrogen-bond acceptors (Lipinski definition) is 2. The summed E-state index contributed by atoms with van der Waals surface area (Å²) in [5, 5.41) is 9.40. The largest absolute Gasteiger partial charge is 0.465 e. The van der Waals surface area contributed by atoms with E-state index >= 15 is 0 Å². The predicted molar refractivity (Wildman–Crippen MR) is 68.3 cm³/mol. The molecule has 7 heteroatoms. The minimum absolute atomic E-state index is 0.257. The Balaban J connectivity index is 2.69. The van der Waals surface area contributed by atoms with E-state index in [0.717, 1.165) is 4.90 Å². The number of aromatic nitrogens is 1. The number of amides is 2. The third kappa shape index (κ3) is 3.66. The number of carboxylic acid groups (broad SMARTS) is 1. The molecule has 0 aliphatic rings. The number of rotatable bonds is 3. The summed E-state index contributed by atoms with van der Waals surface area (Å²) in [7, 11) is 0. The molecule has 6 nitrogen and oxygen atoms in total. The van der Waals surface area contributed by atoms with E-state index < -0.39 is 17.5 Å². The molecule has 0 fully saturated rings. The smallest absolute Gasteiger partial charge is 0.408 e. The van der Waals surface area contributed by atoms with Crippen molar-refractivity contribution in [3.63, 3.8) is 0 Å². The van der Waals surface area contributed by atoms with Gasteiger partial charge in [-0.2, -0.15) is 0 Å². The molecule has 0 aromatic carbocycles. The fourth-order valence-corrected chi connectivity index (χ4v) is 1.53. The van der Waals surface area contributed by atoms with Crippen molar-refractivity contribution in [3.05, 3.63) is 23.5 Å². The van der Waals surface area contributed by atoms with Gasteiger partial charge >= 0.3 is 6.09 Å². The van der Waals surface area contributed by atoms with E-state index in [4.69, 9.17) is 16.7 Å². The van der Waals surface area contributed by atoms with E-state index in [0.29, 0.717) is 5.15 Å². The minimum atomic E-state index is -1.14. The van der Waals surface area contributed by atoms with Gasteiger partial charge in [0.25, 0.3) is 5.91 Å². The first-order valence-corrected chi connectivity index (χ1v) is 5.73. The first kappa shape index (κ1) is 14.4. The topological polar surface area (TPSA) is 74.6 Å². The van der Waals surface area contributed by atoms with E-state index in [1.165, 1.54) is 4.68 Å². The van der Waals surface area contributed by atoms with Crippen LogP contribution in [-0.2, 0) is 4.79 Å². The van der Waals surface area contributed by atoms with Crippen molar-refractivity contribution in [1.29, 1.82) is 0 Å². The van der Waals surface area contributed by atoms with Gasteiger partial charge in [0.2, 0.25) is 0 Å². The van der Waals surface area contributed by atoms with Crippen LogP contribution >= 0.6 is 11.6 Å². The number of nitrogens with one attached hydrogen (secondary N) is 1. The normalized spacial score (nSPS) is 11.1. The summed E-state index contributed by atoms with van der Waals surface area (Å²) in [6.45, 7) is 4.90. The van der Waals surface area contributed by atoms with Crippen LogP contribution in [0.15, 0.2) is 18.3 Å². The second-order valence-corrected chi connectivity index (χ2v) is 5.16. The molecule has 0 aliphatic heterocycles. The Bertz CT molecular complexity index is 451. The van der Waals surface area contributed by atoms with Crippen LogP contribution < -0.4 is 5.43 Å². The number of carbonyl (C=O) groups is 2. The highest BCUT2D eigenvalue weighted by Gasteiger charge is 2.28. The minimum Gasteiger partial charge on any atom is -0.465 e. The van der Waals surface area contributed by atoms with Crippen LogP contribution in [0.5, 0.6) is 0 Å². The molecule has 1 rings (SSSR count). The van der Waals surface area contributed by atoms with Gasteiger partial charge in [-0.3, -0.25) is 15.1 Å². The van der Waals surface area contributed by atoms with Gasteiger partial charge in [0, 0.05) is 11.7 Å². The van der Waals surface area contributed by atoms with Gasteiger partial charge < -0.3 is 5.11 Å². The average molecular weight is 274 g/mol. The predicted octanol–water partition coefficient (Wildman–Crippen LogP) is 1.99. The van der Waals surface area contributed by atoms with E-state index in [2.05, 4.69) is 5.43 Å². The van der Waals surface area contributed by atoms with Crippen LogP contribution in [0.4, 0.5) is 4.79 Å². The van der Waals surface area contributed by atoms with Crippen LogP contribution in [0.25, 0.3) is 0 Å². The SMILES string of the molecule is CC(C)(C)N(CC(=O)Nn1cccc1Cl)C(=O)O. The molecule has 1 aromatic rings. The zero-order chi connectivity index (χ0) is 13.9. The molecule has 0 radical (unpaired) electrons. The molecule has 100 valence electrons. The maximum atomic E-state index is 11.7. The molecule has 1 aromatic heterocycles. The third-order valence-corrected chi connectivity index (χ3v) is 2.59. The molecule has 0 saturated carbocycles. The highest BCUT2D eigenvalue weighted by atomic mass is 35.5. The molecular formula is C11H16ClN3O3. The summed E-state index contributed by atoms with van der Waals surface area (Å²) in [5.41, 5.74) is 1.84.